The second kappa shape index (κ2) is 7.81. The molecule has 1 aromatic heterocycles. The summed E-state index contributed by atoms with van der Waals surface area (Å²) in [6.45, 7) is 7.34. The number of halogens is 3. The SMILES string of the molecule is CC(C)(c1noc(NC2CCC(CNS(=O)(=O)C(C)(C)C)CC2)n1)C(F)(F)F. The third-order valence-electron chi connectivity index (χ3n) is 5.24. The zero-order chi connectivity index (χ0) is 21.4. The molecule has 0 aromatic carbocycles. The maximum absolute atomic E-state index is 13.1. The minimum absolute atomic E-state index is 0.00206. The van der Waals surface area contributed by atoms with Gasteiger partial charge in [0.05, 0.1) is 4.75 Å². The molecular weight excluding hydrogens is 397 g/mol. The van der Waals surface area contributed by atoms with Crippen molar-refractivity contribution >= 4 is 16.0 Å². The van der Waals surface area contributed by atoms with Gasteiger partial charge in [-0.2, -0.15) is 18.2 Å². The number of sulfonamides is 1. The smallest absolute Gasteiger partial charge is 0.335 e. The van der Waals surface area contributed by atoms with E-state index in [1.54, 1.807) is 20.8 Å². The van der Waals surface area contributed by atoms with Gasteiger partial charge in [-0.1, -0.05) is 5.16 Å². The van der Waals surface area contributed by atoms with Crippen molar-refractivity contribution in [1.29, 1.82) is 0 Å². The van der Waals surface area contributed by atoms with Gasteiger partial charge in [-0.3, -0.25) is 0 Å². The molecule has 0 saturated heterocycles. The van der Waals surface area contributed by atoms with Gasteiger partial charge in [-0.25, -0.2) is 13.1 Å². The lowest BCUT2D eigenvalue weighted by Gasteiger charge is -2.29. The van der Waals surface area contributed by atoms with Gasteiger partial charge in [-0.15, -0.1) is 0 Å². The predicted molar refractivity (Wildman–Crippen MR) is 99.4 cm³/mol. The molecule has 1 fully saturated rings. The van der Waals surface area contributed by atoms with E-state index < -0.39 is 32.2 Å². The van der Waals surface area contributed by atoms with Gasteiger partial charge in [0, 0.05) is 12.6 Å². The number of nitrogens with one attached hydrogen (secondary N) is 2. The van der Waals surface area contributed by atoms with E-state index in [9.17, 15) is 21.6 Å². The monoisotopic (exact) mass is 426 g/mol. The van der Waals surface area contributed by atoms with Crippen LogP contribution >= 0.6 is 0 Å². The summed E-state index contributed by atoms with van der Waals surface area (Å²) in [5, 5.41) is 6.46. The summed E-state index contributed by atoms with van der Waals surface area (Å²) in [7, 11) is -3.37. The minimum atomic E-state index is -4.48. The van der Waals surface area contributed by atoms with Gasteiger partial charge in [0.15, 0.2) is 5.82 Å². The quantitative estimate of drug-likeness (QED) is 0.721. The fourth-order valence-electron chi connectivity index (χ4n) is 2.79. The Kier molecular flexibility index (Phi) is 6.40. The number of rotatable bonds is 6. The number of hydrogen-bond donors (Lipinski definition) is 2. The topological polar surface area (TPSA) is 97.1 Å². The van der Waals surface area contributed by atoms with Crippen molar-refractivity contribution in [3.8, 4) is 0 Å². The molecule has 11 heteroatoms. The maximum atomic E-state index is 13.1. The highest BCUT2D eigenvalue weighted by molar-refractivity contribution is 7.90. The van der Waals surface area contributed by atoms with Gasteiger partial charge in [0.1, 0.15) is 5.41 Å². The average molecular weight is 427 g/mol. The van der Waals surface area contributed by atoms with Crippen LogP contribution in [0.4, 0.5) is 19.2 Å². The van der Waals surface area contributed by atoms with Crippen molar-refractivity contribution < 1.29 is 26.1 Å². The van der Waals surface area contributed by atoms with E-state index >= 15 is 0 Å². The second-order valence-electron chi connectivity index (χ2n) is 8.87. The van der Waals surface area contributed by atoms with Crippen LogP contribution in [0.15, 0.2) is 4.52 Å². The van der Waals surface area contributed by atoms with Crippen molar-refractivity contribution in [1.82, 2.24) is 14.9 Å². The highest BCUT2D eigenvalue weighted by Gasteiger charge is 2.52. The lowest BCUT2D eigenvalue weighted by atomic mass is 9.86. The van der Waals surface area contributed by atoms with E-state index in [2.05, 4.69) is 20.2 Å². The average Bonchev–Trinajstić information content (AvgIpc) is 3.01. The fourth-order valence-corrected chi connectivity index (χ4v) is 3.68. The molecule has 0 aliphatic heterocycles. The van der Waals surface area contributed by atoms with Crippen LogP contribution in [0.2, 0.25) is 0 Å². The van der Waals surface area contributed by atoms with Crippen LogP contribution in [-0.4, -0.2) is 42.1 Å². The molecule has 0 atom stereocenters. The summed E-state index contributed by atoms with van der Waals surface area (Å²) < 4.78 is 70.2. The second-order valence-corrected chi connectivity index (χ2v) is 11.4. The Morgan fingerprint density at radius 1 is 1.07 bits per heavy atom. The summed E-state index contributed by atoms with van der Waals surface area (Å²) in [6.07, 6.45) is -1.42. The zero-order valence-electron chi connectivity index (χ0n) is 16.9. The number of anilines is 1. The fraction of sp³-hybridized carbons (Fsp3) is 0.882. The van der Waals surface area contributed by atoms with E-state index in [-0.39, 0.29) is 18.0 Å². The molecule has 2 rings (SSSR count). The Hall–Kier alpha value is -1.36. The molecule has 7 nitrogen and oxygen atoms in total. The van der Waals surface area contributed by atoms with E-state index in [0.29, 0.717) is 6.54 Å². The number of alkyl halides is 3. The Labute approximate surface area is 163 Å². The first kappa shape index (κ1) is 22.9. The summed E-state index contributed by atoms with van der Waals surface area (Å²) in [5.74, 6) is -0.189. The van der Waals surface area contributed by atoms with E-state index in [0.717, 1.165) is 39.5 Å². The molecule has 0 unspecified atom stereocenters. The van der Waals surface area contributed by atoms with Gasteiger partial charge < -0.3 is 9.84 Å². The van der Waals surface area contributed by atoms with Crippen LogP contribution < -0.4 is 10.0 Å². The summed E-state index contributed by atoms with van der Waals surface area (Å²) in [5.41, 5.74) is -2.20. The number of nitrogens with zero attached hydrogens (tertiary/aromatic N) is 2. The summed E-state index contributed by atoms with van der Waals surface area (Å²) in [6, 6.07) is -0.0259. The van der Waals surface area contributed by atoms with Gasteiger partial charge >= 0.3 is 12.2 Å². The molecule has 28 heavy (non-hydrogen) atoms. The van der Waals surface area contributed by atoms with Crippen LogP contribution in [0.3, 0.4) is 0 Å². The molecule has 1 heterocycles. The molecule has 1 aromatic rings. The first-order valence-electron chi connectivity index (χ1n) is 9.30. The molecule has 0 bridgehead atoms. The Morgan fingerprint density at radius 2 is 1.64 bits per heavy atom. The van der Waals surface area contributed by atoms with E-state index in [4.69, 9.17) is 4.52 Å². The Morgan fingerprint density at radius 3 is 2.14 bits per heavy atom. The first-order chi connectivity index (χ1) is 12.6. The first-order valence-corrected chi connectivity index (χ1v) is 10.8. The molecule has 1 saturated carbocycles. The summed E-state index contributed by atoms with van der Waals surface area (Å²) in [4.78, 5) is 3.86. The van der Waals surface area contributed by atoms with Gasteiger partial charge in [0.25, 0.3) is 0 Å². The number of aromatic nitrogens is 2. The van der Waals surface area contributed by atoms with Crippen molar-refractivity contribution in [3.63, 3.8) is 0 Å². The van der Waals surface area contributed by atoms with Gasteiger partial charge in [-0.05, 0) is 66.2 Å². The van der Waals surface area contributed by atoms with Crippen molar-refractivity contribution in [3.05, 3.63) is 5.82 Å². The highest BCUT2D eigenvalue weighted by atomic mass is 32.2. The molecule has 0 radical (unpaired) electrons. The molecule has 162 valence electrons. The van der Waals surface area contributed by atoms with Crippen LogP contribution in [0.25, 0.3) is 0 Å². The van der Waals surface area contributed by atoms with E-state index in [1.165, 1.54) is 0 Å². The molecule has 2 N–H and O–H groups in total. The zero-order valence-corrected chi connectivity index (χ0v) is 17.7. The standard InChI is InChI=1S/C17H29F3N4O3S/c1-15(2,3)28(25,26)21-10-11-6-8-12(9-7-11)22-14-23-13(24-27-14)16(4,5)17(18,19)20/h11-12,21H,6-10H2,1-5H3,(H,22,23,24). The molecule has 0 amide bonds. The van der Waals surface area contributed by atoms with Crippen LogP contribution in [0.1, 0.15) is 66.1 Å². The van der Waals surface area contributed by atoms with Crippen molar-refractivity contribution in [2.45, 2.75) is 82.7 Å². The van der Waals surface area contributed by atoms with Crippen molar-refractivity contribution in [2.75, 3.05) is 11.9 Å². The lowest BCUT2D eigenvalue weighted by molar-refractivity contribution is -0.182. The minimum Gasteiger partial charge on any atom is -0.335 e. The lowest BCUT2D eigenvalue weighted by Crippen LogP contribution is -2.42. The van der Waals surface area contributed by atoms with Crippen LogP contribution in [0, 0.1) is 5.92 Å². The van der Waals surface area contributed by atoms with Gasteiger partial charge in [0.2, 0.25) is 10.0 Å². The van der Waals surface area contributed by atoms with Crippen LogP contribution in [-0.2, 0) is 15.4 Å². The number of hydrogen-bond acceptors (Lipinski definition) is 6. The van der Waals surface area contributed by atoms with Crippen LogP contribution in [0.5, 0.6) is 0 Å². The maximum Gasteiger partial charge on any atom is 0.401 e. The normalized spacial score (nSPS) is 22.3. The molecule has 1 aliphatic carbocycles. The third-order valence-corrected chi connectivity index (χ3v) is 7.40. The molecular formula is C17H29F3N4O3S. The van der Waals surface area contributed by atoms with E-state index in [1.807, 2.05) is 0 Å². The molecule has 1 aliphatic rings. The molecule has 0 spiro atoms. The highest BCUT2D eigenvalue weighted by Crippen LogP contribution is 2.39. The summed E-state index contributed by atoms with van der Waals surface area (Å²) >= 11 is 0. The largest absolute Gasteiger partial charge is 0.401 e. The Balaban J connectivity index is 1.85. The third kappa shape index (κ3) is 5.16. The van der Waals surface area contributed by atoms with Crippen molar-refractivity contribution in [2.24, 2.45) is 5.92 Å². The Bertz CT molecular complexity index is 761. The predicted octanol–water partition coefficient (Wildman–Crippen LogP) is 3.60.